The minimum absolute atomic E-state index is 0.153. The first kappa shape index (κ1) is 15.4. The Hall–Kier alpha value is -1.55. The third kappa shape index (κ3) is 5.36. The Morgan fingerprint density at radius 2 is 2.06 bits per heavy atom. The van der Waals surface area contributed by atoms with Crippen molar-refractivity contribution in [2.24, 2.45) is 11.3 Å². The van der Waals surface area contributed by atoms with Crippen LogP contribution in [0.3, 0.4) is 0 Å². The molecule has 17 heavy (non-hydrogen) atoms. The molecule has 92 valence electrons. The van der Waals surface area contributed by atoms with Crippen molar-refractivity contribution in [1.29, 1.82) is 5.41 Å². The predicted octanol–water partition coefficient (Wildman–Crippen LogP) is 4.38. The smallest absolute Gasteiger partial charge is 0.0528 e. The molecule has 1 N–H and O–H groups in total. The maximum absolute atomic E-state index is 7.11. The van der Waals surface area contributed by atoms with Crippen LogP contribution in [0.2, 0.25) is 0 Å². The van der Waals surface area contributed by atoms with E-state index in [1.54, 1.807) is 0 Å². The summed E-state index contributed by atoms with van der Waals surface area (Å²) in [6.45, 7) is 10.1. The summed E-state index contributed by atoms with van der Waals surface area (Å²) < 4.78 is 0. The van der Waals surface area contributed by atoms with Gasteiger partial charge in [0.2, 0.25) is 0 Å². The second-order valence-corrected chi connectivity index (χ2v) is 4.39. The van der Waals surface area contributed by atoms with E-state index in [4.69, 9.17) is 5.41 Å². The molecule has 0 aliphatic carbocycles. The lowest BCUT2D eigenvalue weighted by Gasteiger charge is -2.25. The standard InChI is InChI=1S/C16H23N/c1-6-9-15(4)16(5,11-7-2)12-8-10-14(3)13-17/h6,8-10,12-13,15,17H,1-5H3/b9-6?,12-8-,14-10+,17-13?. The molecule has 1 nitrogen and oxygen atoms in total. The Morgan fingerprint density at radius 3 is 2.53 bits per heavy atom. The van der Waals surface area contributed by atoms with Crippen molar-refractivity contribution < 1.29 is 0 Å². The zero-order valence-electron chi connectivity index (χ0n) is 11.5. The summed E-state index contributed by atoms with van der Waals surface area (Å²) >= 11 is 0. The van der Waals surface area contributed by atoms with E-state index < -0.39 is 0 Å². The SMILES string of the molecule is CC#CC(C)(/C=C\C=C(/C)C=N)C(C)C=CC. The van der Waals surface area contributed by atoms with Crippen molar-refractivity contribution in [3.05, 3.63) is 36.0 Å². The van der Waals surface area contributed by atoms with Crippen molar-refractivity contribution >= 4 is 6.21 Å². The van der Waals surface area contributed by atoms with Crippen LogP contribution < -0.4 is 0 Å². The van der Waals surface area contributed by atoms with Crippen LogP contribution in [0.15, 0.2) is 36.0 Å². The molecule has 0 aliphatic heterocycles. The van der Waals surface area contributed by atoms with Gasteiger partial charge in [0.15, 0.2) is 0 Å². The molecule has 2 atom stereocenters. The largest absolute Gasteiger partial charge is 0.308 e. The molecule has 2 unspecified atom stereocenters. The maximum atomic E-state index is 7.11. The Morgan fingerprint density at radius 1 is 1.41 bits per heavy atom. The molecule has 0 rings (SSSR count). The van der Waals surface area contributed by atoms with Crippen LogP contribution in [-0.4, -0.2) is 6.21 Å². The van der Waals surface area contributed by atoms with Crippen LogP contribution in [-0.2, 0) is 0 Å². The van der Waals surface area contributed by atoms with E-state index in [2.05, 4.69) is 43.9 Å². The lowest BCUT2D eigenvalue weighted by Crippen LogP contribution is -2.19. The fourth-order valence-electron chi connectivity index (χ4n) is 1.51. The minimum Gasteiger partial charge on any atom is -0.308 e. The maximum Gasteiger partial charge on any atom is 0.0528 e. The van der Waals surface area contributed by atoms with E-state index in [9.17, 15) is 0 Å². The lowest BCUT2D eigenvalue weighted by molar-refractivity contribution is 0.442. The highest BCUT2D eigenvalue weighted by Crippen LogP contribution is 2.29. The average Bonchev–Trinajstić information content (AvgIpc) is 2.29. The van der Waals surface area contributed by atoms with Crippen molar-refractivity contribution in [2.45, 2.75) is 34.6 Å². The van der Waals surface area contributed by atoms with E-state index in [1.807, 2.05) is 32.9 Å². The highest BCUT2D eigenvalue weighted by Gasteiger charge is 2.23. The summed E-state index contributed by atoms with van der Waals surface area (Å²) in [6, 6.07) is 0. The summed E-state index contributed by atoms with van der Waals surface area (Å²) in [5, 5.41) is 7.11. The minimum atomic E-state index is -0.153. The van der Waals surface area contributed by atoms with Gasteiger partial charge in [0.1, 0.15) is 0 Å². The second kappa shape index (κ2) is 7.68. The highest BCUT2D eigenvalue weighted by molar-refractivity contribution is 5.75. The third-order valence-electron chi connectivity index (χ3n) is 2.85. The van der Waals surface area contributed by atoms with Crippen LogP contribution in [0.5, 0.6) is 0 Å². The monoisotopic (exact) mass is 229 g/mol. The van der Waals surface area contributed by atoms with E-state index in [0.29, 0.717) is 5.92 Å². The van der Waals surface area contributed by atoms with Gasteiger partial charge in [0.25, 0.3) is 0 Å². The van der Waals surface area contributed by atoms with Crippen LogP contribution in [0.1, 0.15) is 34.6 Å². The van der Waals surface area contributed by atoms with Gasteiger partial charge in [-0.3, -0.25) is 0 Å². The molecule has 0 saturated carbocycles. The van der Waals surface area contributed by atoms with Gasteiger partial charge < -0.3 is 5.41 Å². The van der Waals surface area contributed by atoms with E-state index in [1.165, 1.54) is 6.21 Å². The molecule has 0 aliphatic rings. The molecule has 0 radical (unpaired) electrons. The summed E-state index contributed by atoms with van der Waals surface area (Å²) in [4.78, 5) is 0. The first-order valence-electron chi connectivity index (χ1n) is 5.93. The molecular weight excluding hydrogens is 206 g/mol. The first-order valence-corrected chi connectivity index (χ1v) is 5.93. The summed E-state index contributed by atoms with van der Waals surface area (Å²) in [5.41, 5.74) is 0.784. The van der Waals surface area contributed by atoms with Gasteiger partial charge in [-0.2, -0.15) is 0 Å². The van der Waals surface area contributed by atoms with Gasteiger partial charge in [-0.05, 0) is 39.2 Å². The molecular formula is C16H23N. The van der Waals surface area contributed by atoms with Gasteiger partial charge in [0.05, 0.1) is 5.41 Å². The molecule has 0 aromatic carbocycles. The van der Waals surface area contributed by atoms with Crippen LogP contribution in [0.4, 0.5) is 0 Å². The zero-order chi connectivity index (χ0) is 13.3. The van der Waals surface area contributed by atoms with Gasteiger partial charge in [-0.25, -0.2) is 0 Å². The second-order valence-electron chi connectivity index (χ2n) is 4.39. The molecule has 1 heteroatoms. The topological polar surface area (TPSA) is 23.9 Å². The quantitative estimate of drug-likeness (QED) is 0.313. The molecule has 0 fully saturated rings. The Labute approximate surface area is 106 Å². The van der Waals surface area contributed by atoms with Crippen LogP contribution in [0.25, 0.3) is 0 Å². The number of hydrogen-bond donors (Lipinski definition) is 1. The first-order chi connectivity index (χ1) is 8.00. The molecule has 0 aromatic heterocycles. The highest BCUT2D eigenvalue weighted by atomic mass is 14.3. The number of hydrogen-bond acceptors (Lipinski definition) is 1. The predicted molar refractivity (Wildman–Crippen MR) is 77.2 cm³/mol. The number of nitrogens with one attached hydrogen (secondary N) is 1. The normalized spacial score (nSPS) is 17.6. The molecule has 0 bridgehead atoms. The third-order valence-corrected chi connectivity index (χ3v) is 2.85. The van der Waals surface area contributed by atoms with Crippen LogP contribution >= 0.6 is 0 Å². The Kier molecular flexibility index (Phi) is 6.98. The Balaban J connectivity index is 5.08. The van der Waals surface area contributed by atoms with Crippen LogP contribution in [0, 0.1) is 28.6 Å². The number of rotatable bonds is 5. The van der Waals surface area contributed by atoms with Crippen molar-refractivity contribution in [3.8, 4) is 11.8 Å². The molecule has 0 saturated heterocycles. The lowest BCUT2D eigenvalue weighted by atomic mass is 9.78. The molecule has 0 spiro atoms. The number of allylic oxidation sites excluding steroid dienone is 6. The summed E-state index contributed by atoms with van der Waals surface area (Å²) in [5.74, 6) is 6.63. The Bertz CT molecular complexity index is 387. The molecule has 0 heterocycles. The van der Waals surface area contributed by atoms with Gasteiger partial charge in [-0.15, -0.1) is 5.92 Å². The molecule has 0 aromatic rings. The van der Waals surface area contributed by atoms with Crippen molar-refractivity contribution in [3.63, 3.8) is 0 Å². The van der Waals surface area contributed by atoms with Gasteiger partial charge in [-0.1, -0.05) is 43.2 Å². The van der Waals surface area contributed by atoms with Crippen molar-refractivity contribution in [1.82, 2.24) is 0 Å². The van der Waals surface area contributed by atoms with E-state index >= 15 is 0 Å². The van der Waals surface area contributed by atoms with Crippen molar-refractivity contribution in [2.75, 3.05) is 0 Å². The molecule has 0 amide bonds. The van der Waals surface area contributed by atoms with E-state index in [-0.39, 0.29) is 5.41 Å². The summed E-state index contributed by atoms with van der Waals surface area (Å²) in [7, 11) is 0. The summed E-state index contributed by atoms with van der Waals surface area (Å²) in [6.07, 6.45) is 11.6. The fraction of sp³-hybridized carbons (Fsp3) is 0.438. The zero-order valence-corrected chi connectivity index (χ0v) is 11.5. The van der Waals surface area contributed by atoms with E-state index in [0.717, 1.165) is 5.57 Å². The van der Waals surface area contributed by atoms with Gasteiger partial charge in [0, 0.05) is 6.21 Å². The fourth-order valence-corrected chi connectivity index (χ4v) is 1.51. The average molecular weight is 229 g/mol. The van der Waals surface area contributed by atoms with Gasteiger partial charge >= 0.3 is 0 Å².